The van der Waals surface area contributed by atoms with Gasteiger partial charge in [0, 0.05) is 13.0 Å². The van der Waals surface area contributed by atoms with Gasteiger partial charge in [0.05, 0.1) is 5.75 Å². The molecule has 1 aliphatic heterocycles. The van der Waals surface area contributed by atoms with Gasteiger partial charge in [-0.2, -0.15) is 0 Å². The van der Waals surface area contributed by atoms with Crippen molar-refractivity contribution in [2.24, 2.45) is 10.9 Å². The van der Waals surface area contributed by atoms with Crippen molar-refractivity contribution >= 4 is 21.6 Å². The maximum atomic E-state index is 11.8. The lowest BCUT2D eigenvalue weighted by atomic mass is 10.1. The summed E-state index contributed by atoms with van der Waals surface area (Å²) in [7, 11) is -3.27. The van der Waals surface area contributed by atoms with Crippen molar-refractivity contribution in [2.75, 3.05) is 12.3 Å². The average Bonchev–Trinajstić information content (AvgIpc) is 2.37. The Bertz CT molecular complexity index is 433. The number of amides is 1. The van der Waals surface area contributed by atoms with Gasteiger partial charge >= 0.3 is 0 Å². The first kappa shape index (κ1) is 15.7. The van der Waals surface area contributed by atoms with Crippen LogP contribution < -0.4 is 11.1 Å². The summed E-state index contributed by atoms with van der Waals surface area (Å²) in [6.45, 7) is 0.406. The zero-order valence-electron chi connectivity index (χ0n) is 10.8. The zero-order chi connectivity index (χ0) is 14.3. The predicted octanol–water partition coefficient (Wildman–Crippen LogP) is -0.0134. The number of carbonyl (C=O) groups excluding carboxylic acids is 1. The molecule has 0 radical (unpaired) electrons. The van der Waals surface area contributed by atoms with Gasteiger partial charge in [0.2, 0.25) is 5.91 Å². The van der Waals surface area contributed by atoms with E-state index in [9.17, 15) is 13.2 Å². The summed E-state index contributed by atoms with van der Waals surface area (Å²) in [6, 6.07) is 0. The Balaban J connectivity index is 2.28. The Morgan fingerprint density at radius 1 is 1.37 bits per heavy atom. The van der Waals surface area contributed by atoms with Gasteiger partial charge in [-0.05, 0) is 25.7 Å². The van der Waals surface area contributed by atoms with E-state index in [1.54, 1.807) is 0 Å². The Hall–Kier alpha value is -1.31. The number of nitrogens with zero attached hydrogens (tertiary/aromatic N) is 1. The molecular weight excluding hydrogens is 270 g/mol. The lowest BCUT2D eigenvalue weighted by Crippen LogP contribution is -2.43. The van der Waals surface area contributed by atoms with E-state index in [4.69, 9.17) is 10.9 Å². The highest BCUT2D eigenvalue weighted by Gasteiger charge is 2.34. The van der Waals surface area contributed by atoms with Crippen LogP contribution in [0.15, 0.2) is 5.16 Å². The van der Waals surface area contributed by atoms with Gasteiger partial charge in [-0.25, -0.2) is 8.42 Å². The number of hydrogen-bond acceptors (Lipinski definition) is 5. The number of carbonyl (C=O) groups is 1. The van der Waals surface area contributed by atoms with Gasteiger partial charge in [0.15, 0.2) is 9.84 Å². The first-order valence-corrected chi connectivity index (χ1v) is 8.14. The van der Waals surface area contributed by atoms with Crippen LogP contribution in [0.3, 0.4) is 0 Å². The fraction of sp³-hybridized carbons (Fsp3) is 0.818. The second kappa shape index (κ2) is 7.32. The Labute approximate surface area is 113 Å². The van der Waals surface area contributed by atoms with Crippen LogP contribution in [0.25, 0.3) is 0 Å². The van der Waals surface area contributed by atoms with Gasteiger partial charge < -0.3 is 16.3 Å². The van der Waals surface area contributed by atoms with Gasteiger partial charge in [-0.1, -0.05) is 11.6 Å². The molecule has 1 amide bonds. The molecule has 0 aromatic heterocycles. The number of unbranched alkanes of at least 4 members (excludes halogenated alkanes) is 1. The number of nitrogens with one attached hydrogen (secondary N) is 1. The Morgan fingerprint density at radius 3 is 2.74 bits per heavy atom. The monoisotopic (exact) mass is 291 g/mol. The molecule has 110 valence electrons. The standard InChI is InChI=1S/C11H21N3O4S/c12-10(14-16)6-1-3-7-13-11(15)9-5-2-4-8-19(9,17)18/h9,16H,1-8H2,(H2,12,14)(H,13,15). The fourth-order valence-corrected chi connectivity index (χ4v) is 3.88. The Kier molecular flexibility index (Phi) is 6.07. The van der Waals surface area contributed by atoms with Crippen LogP contribution >= 0.6 is 0 Å². The van der Waals surface area contributed by atoms with E-state index in [0.717, 1.165) is 6.42 Å². The number of amidine groups is 1. The van der Waals surface area contributed by atoms with Crippen molar-refractivity contribution in [1.29, 1.82) is 0 Å². The normalized spacial score (nSPS) is 22.9. The summed E-state index contributed by atoms with van der Waals surface area (Å²) in [5.41, 5.74) is 5.30. The smallest absolute Gasteiger partial charge is 0.238 e. The molecule has 1 fully saturated rings. The Morgan fingerprint density at radius 2 is 2.11 bits per heavy atom. The fourth-order valence-electron chi connectivity index (χ4n) is 2.06. The molecule has 0 aromatic carbocycles. The van der Waals surface area contributed by atoms with Crippen LogP contribution in [0.2, 0.25) is 0 Å². The highest BCUT2D eigenvalue weighted by atomic mass is 32.2. The molecule has 1 unspecified atom stereocenters. The van der Waals surface area contributed by atoms with Gasteiger partial charge in [0.25, 0.3) is 0 Å². The third kappa shape index (κ3) is 5.06. The first-order valence-electron chi connectivity index (χ1n) is 6.43. The van der Waals surface area contributed by atoms with Crippen LogP contribution in [-0.4, -0.2) is 42.9 Å². The van der Waals surface area contributed by atoms with E-state index in [1.807, 2.05) is 0 Å². The number of nitrogens with two attached hydrogens (primary N) is 1. The summed E-state index contributed by atoms with van der Waals surface area (Å²) < 4.78 is 23.4. The molecule has 1 aliphatic rings. The maximum Gasteiger partial charge on any atom is 0.238 e. The highest BCUT2D eigenvalue weighted by Crippen LogP contribution is 2.19. The van der Waals surface area contributed by atoms with Crippen molar-refractivity contribution in [3.8, 4) is 0 Å². The molecule has 7 nitrogen and oxygen atoms in total. The minimum Gasteiger partial charge on any atom is -0.409 e. The van der Waals surface area contributed by atoms with Crippen LogP contribution in [0.5, 0.6) is 0 Å². The summed E-state index contributed by atoms with van der Waals surface area (Å²) >= 11 is 0. The van der Waals surface area contributed by atoms with Crippen molar-refractivity contribution in [3.63, 3.8) is 0 Å². The maximum absolute atomic E-state index is 11.8. The molecule has 0 bridgehead atoms. The molecule has 19 heavy (non-hydrogen) atoms. The van der Waals surface area contributed by atoms with Crippen LogP contribution in [-0.2, 0) is 14.6 Å². The van der Waals surface area contributed by atoms with E-state index < -0.39 is 21.0 Å². The lowest BCUT2D eigenvalue weighted by Gasteiger charge is -2.21. The van der Waals surface area contributed by atoms with Crippen LogP contribution in [0, 0.1) is 0 Å². The molecule has 1 rings (SSSR count). The molecule has 0 spiro atoms. The summed E-state index contributed by atoms with van der Waals surface area (Å²) in [5, 5.41) is 12.9. The first-order chi connectivity index (χ1) is 8.97. The molecule has 4 N–H and O–H groups in total. The van der Waals surface area contributed by atoms with E-state index >= 15 is 0 Å². The SMILES string of the molecule is NC(CCCCNC(=O)C1CCCCS1(=O)=O)=NO. The summed E-state index contributed by atoms with van der Waals surface area (Å²) in [5.74, 6) is -0.140. The third-order valence-corrected chi connectivity index (χ3v) is 5.33. The largest absolute Gasteiger partial charge is 0.409 e. The average molecular weight is 291 g/mol. The summed E-state index contributed by atoms with van der Waals surface area (Å²) in [4.78, 5) is 11.8. The third-order valence-electron chi connectivity index (χ3n) is 3.16. The van der Waals surface area contributed by atoms with E-state index in [0.29, 0.717) is 38.6 Å². The molecular formula is C11H21N3O4S. The number of sulfone groups is 1. The quantitative estimate of drug-likeness (QED) is 0.209. The molecule has 0 aliphatic carbocycles. The molecule has 1 atom stereocenters. The zero-order valence-corrected chi connectivity index (χ0v) is 11.7. The van der Waals surface area contributed by atoms with Crippen molar-refractivity contribution in [3.05, 3.63) is 0 Å². The highest BCUT2D eigenvalue weighted by molar-refractivity contribution is 7.92. The van der Waals surface area contributed by atoms with Crippen molar-refractivity contribution < 1.29 is 18.4 Å². The molecule has 0 aromatic rings. The summed E-state index contributed by atoms with van der Waals surface area (Å²) in [6.07, 6.45) is 3.63. The minimum absolute atomic E-state index is 0.106. The minimum atomic E-state index is -3.27. The molecule has 1 saturated heterocycles. The van der Waals surface area contributed by atoms with Crippen LogP contribution in [0.4, 0.5) is 0 Å². The number of oxime groups is 1. The molecule has 0 saturated carbocycles. The van der Waals surface area contributed by atoms with Crippen molar-refractivity contribution in [2.45, 2.75) is 43.8 Å². The van der Waals surface area contributed by atoms with E-state index in [1.165, 1.54) is 0 Å². The second-order valence-corrected chi connectivity index (χ2v) is 6.99. The topological polar surface area (TPSA) is 122 Å². The van der Waals surface area contributed by atoms with Gasteiger partial charge in [-0.3, -0.25) is 4.79 Å². The van der Waals surface area contributed by atoms with Crippen LogP contribution in [0.1, 0.15) is 38.5 Å². The van der Waals surface area contributed by atoms with Crippen molar-refractivity contribution in [1.82, 2.24) is 5.32 Å². The predicted molar refractivity (Wildman–Crippen MR) is 71.7 cm³/mol. The second-order valence-electron chi connectivity index (χ2n) is 4.69. The number of hydrogen-bond donors (Lipinski definition) is 3. The van der Waals surface area contributed by atoms with Gasteiger partial charge in [-0.15, -0.1) is 0 Å². The lowest BCUT2D eigenvalue weighted by molar-refractivity contribution is -0.120. The van der Waals surface area contributed by atoms with E-state index in [2.05, 4.69) is 10.5 Å². The number of rotatable bonds is 6. The van der Waals surface area contributed by atoms with E-state index in [-0.39, 0.29) is 11.6 Å². The van der Waals surface area contributed by atoms with Gasteiger partial charge in [0.1, 0.15) is 11.1 Å². The molecule has 8 heteroatoms. The molecule has 1 heterocycles.